The highest BCUT2D eigenvalue weighted by Gasteiger charge is 2.13. The number of carbonyl (C=O) groups is 1. The average Bonchev–Trinajstić information content (AvgIpc) is 3.07. The van der Waals surface area contributed by atoms with E-state index in [1.54, 1.807) is 48.5 Å². The summed E-state index contributed by atoms with van der Waals surface area (Å²) in [7, 11) is 0. The average molecular weight is 397 g/mol. The zero-order chi connectivity index (χ0) is 19.0. The van der Waals surface area contributed by atoms with E-state index < -0.39 is 0 Å². The molecule has 6 heteroatoms. The van der Waals surface area contributed by atoms with Crippen molar-refractivity contribution in [2.75, 3.05) is 5.32 Å². The quantitative estimate of drug-likeness (QED) is 0.438. The Morgan fingerprint density at radius 2 is 1.78 bits per heavy atom. The summed E-state index contributed by atoms with van der Waals surface area (Å²) in [4.78, 5) is 16.9. The predicted octanol–water partition coefficient (Wildman–Crippen LogP) is 6.36. The molecule has 0 fully saturated rings. The largest absolute Gasteiger partial charge is 0.436 e. The number of fused-ring (bicyclic) bond motifs is 1. The van der Waals surface area contributed by atoms with Crippen LogP contribution in [0.3, 0.4) is 0 Å². The SMILES string of the molecule is Cc1ccc(C(=O)Nc2ccc3oc(-c4cc(Cl)ccc4Cl)nc3c2)cc1. The van der Waals surface area contributed by atoms with Gasteiger partial charge in [0, 0.05) is 16.3 Å². The molecule has 134 valence electrons. The maximum Gasteiger partial charge on any atom is 0.255 e. The van der Waals surface area contributed by atoms with Crippen molar-refractivity contribution in [1.82, 2.24) is 4.98 Å². The topological polar surface area (TPSA) is 55.1 Å². The van der Waals surface area contributed by atoms with Crippen LogP contribution in [-0.4, -0.2) is 10.9 Å². The summed E-state index contributed by atoms with van der Waals surface area (Å²) in [6.45, 7) is 1.98. The molecule has 0 bridgehead atoms. The minimum Gasteiger partial charge on any atom is -0.436 e. The number of oxazole rings is 1. The van der Waals surface area contributed by atoms with Crippen molar-refractivity contribution in [2.24, 2.45) is 0 Å². The maximum atomic E-state index is 12.4. The second-order valence-corrected chi connectivity index (χ2v) is 6.99. The molecule has 3 aromatic carbocycles. The first-order valence-corrected chi connectivity index (χ1v) is 8.99. The van der Waals surface area contributed by atoms with Gasteiger partial charge in [-0.3, -0.25) is 4.79 Å². The van der Waals surface area contributed by atoms with Gasteiger partial charge < -0.3 is 9.73 Å². The number of anilines is 1. The van der Waals surface area contributed by atoms with Crippen LogP contribution in [0.5, 0.6) is 0 Å². The third-order valence-corrected chi connectivity index (χ3v) is 4.68. The Kier molecular flexibility index (Phi) is 4.60. The van der Waals surface area contributed by atoms with Gasteiger partial charge in [-0.1, -0.05) is 40.9 Å². The fourth-order valence-electron chi connectivity index (χ4n) is 2.69. The van der Waals surface area contributed by atoms with E-state index in [0.29, 0.717) is 43.9 Å². The molecule has 0 radical (unpaired) electrons. The molecule has 1 heterocycles. The molecule has 0 aliphatic rings. The molecule has 0 aliphatic heterocycles. The number of rotatable bonds is 3. The third-order valence-electron chi connectivity index (χ3n) is 4.12. The Bertz CT molecular complexity index is 1150. The fraction of sp³-hybridized carbons (Fsp3) is 0.0476. The standard InChI is InChI=1S/C21H14Cl2N2O2/c1-12-2-4-13(5-3-12)20(26)24-15-7-9-19-18(11-15)25-21(27-19)16-10-14(22)6-8-17(16)23/h2-11H,1H3,(H,24,26). The fourth-order valence-corrected chi connectivity index (χ4v) is 3.06. The van der Waals surface area contributed by atoms with E-state index in [1.807, 2.05) is 19.1 Å². The summed E-state index contributed by atoms with van der Waals surface area (Å²) in [6.07, 6.45) is 0. The van der Waals surface area contributed by atoms with Gasteiger partial charge in [-0.15, -0.1) is 0 Å². The van der Waals surface area contributed by atoms with Crippen LogP contribution >= 0.6 is 23.2 Å². The second kappa shape index (κ2) is 7.06. The summed E-state index contributed by atoms with van der Waals surface area (Å²) in [6, 6.07) is 17.8. The summed E-state index contributed by atoms with van der Waals surface area (Å²) in [5, 5.41) is 3.91. The molecule has 0 saturated heterocycles. The Morgan fingerprint density at radius 3 is 2.56 bits per heavy atom. The highest BCUT2D eigenvalue weighted by Crippen LogP contribution is 2.32. The Balaban J connectivity index is 1.64. The van der Waals surface area contributed by atoms with Crippen molar-refractivity contribution in [3.8, 4) is 11.5 Å². The van der Waals surface area contributed by atoms with E-state index >= 15 is 0 Å². The lowest BCUT2D eigenvalue weighted by molar-refractivity contribution is 0.102. The second-order valence-electron chi connectivity index (χ2n) is 6.15. The molecule has 0 spiro atoms. The molecule has 0 saturated carbocycles. The van der Waals surface area contributed by atoms with Crippen LogP contribution in [0, 0.1) is 6.92 Å². The van der Waals surface area contributed by atoms with Crippen LogP contribution in [0.2, 0.25) is 10.0 Å². The number of carbonyl (C=O) groups excluding carboxylic acids is 1. The van der Waals surface area contributed by atoms with Gasteiger partial charge >= 0.3 is 0 Å². The normalized spacial score (nSPS) is 10.9. The highest BCUT2D eigenvalue weighted by molar-refractivity contribution is 6.35. The molecule has 1 amide bonds. The minimum atomic E-state index is -0.184. The summed E-state index contributed by atoms with van der Waals surface area (Å²) in [5.41, 5.74) is 4.14. The molecule has 4 rings (SSSR count). The molecule has 4 nitrogen and oxygen atoms in total. The van der Waals surface area contributed by atoms with E-state index in [-0.39, 0.29) is 5.91 Å². The van der Waals surface area contributed by atoms with Gasteiger partial charge in [0.1, 0.15) is 5.52 Å². The van der Waals surface area contributed by atoms with Crippen LogP contribution < -0.4 is 5.32 Å². The molecule has 27 heavy (non-hydrogen) atoms. The number of halogens is 2. The van der Waals surface area contributed by atoms with E-state index in [9.17, 15) is 4.79 Å². The summed E-state index contributed by atoms with van der Waals surface area (Å²) in [5.74, 6) is 0.190. The number of nitrogens with one attached hydrogen (secondary N) is 1. The third kappa shape index (κ3) is 3.68. The minimum absolute atomic E-state index is 0.184. The molecular formula is C21H14Cl2N2O2. The van der Waals surface area contributed by atoms with Crippen molar-refractivity contribution in [1.29, 1.82) is 0 Å². The first-order chi connectivity index (χ1) is 13.0. The van der Waals surface area contributed by atoms with E-state index in [0.717, 1.165) is 5.56 Å². The zero-order valence-corrected chi connectivity index (χ0v) is 15.8. The van der Waals surface area contributed by atoms with Gasteiger partial charge in [0.25, 0.3) is 5.91 Å². The first-order valence-electron chi connectivity index (χ1n) is 8.23. The Labute approximate surface area is 165 Å². The highest BCUT2D eigenvalue weighted by atomic mass is 35.5. The van der Waals surface area contributed by atoms with E-state index in [1.165, 1.54) is 0 Å². The van der Waals surface area contributed by atoms with Gasteiger partial charge in [-0.2, -0.15) is 0 Å². The number of aromatic nitrogens is 1. The molecule has 0 aliphatic carbocycles. The molecule has 1 aromatic heterocycles. The molecule has 4 aromatic rings. The number of nitrogens with zero attached hydrogens (tertiary/aromatic N) is 1. The summed E-state index contributed by atoms with van der Waals surface area (Å²) < 4.78 is 5.78. The Morgan fingerprint density at radius 1 is 1.00 bits per heavy atom. The van der Waals surface area contributed by atoms with Crippen molar-refractivity contribution in [3.63, 3.8) is 0 Å². The van der Waals surface area contributed by atoms with Gasteiger partial charge in [0.05, 0.1) is 10.6 Å². The van der Waals surface area contributed by atoms with Crippen molar-refractivity contribution in [3.05, 3.63) is 81.8 Å². The van der Waals surface area contributed by atoms with Gasteiger partial charge in [-0.05, 0) is 55.5 Å². The lowest BCUT2D eigenvalue weighted by Gasteiger charge is -2.05. The number of amides is 1. The van der Waals surface area contributed by atoms with Crippen LogP contribution in [0.4, 0.5) is 5.69 Å². The van der Waals surface area contributed by atoms with Crippen molar-refractivity contribution >= 4 is 45.9 Å². The van der Waals surface area contributed by atoms with E-state index in [2.05, 4.69) is 10.3 Å². The Hall–Kier alpha value is -2.82. The smallest absolute Gasteiger partial charge is 0.255 e. The van der Waals surface area contributed by atoms with Crippen LogP contribution in [0.1, 0.15) is 15.9 Å². The zero-order valence-electron chi connectivity index (χ0n) is 14.3. The maximum absolute atomic E-state index is 12.4. The number of hydrogen-bond acceptors (Lipinski definition) is 3. The number of benzene rings is 3. The molecular weight excluding hydrogens is 383 g/mol. The predicted molar refractivity (Wildman–Crippen MR) is 109 cm³/mol. The van der Waals surface area contributed by atoms with Crippen LogP contribution in [-0.2, 0) is 0 Å². The molecule has 0 unspecified atom stereocenters. The first kappa shape index (κ1) is 17.6. The van der Waals surface area contributed by atoms with Crippen LogP contribution in [0.15, 0.2) is 65.1 Å². The lowest BCUT2D eigenvalue weighted by Crippen LogP contribution is -2.11. The number of aryl methyl sites for hydroxylation is 1. The molecule has 1 N–H and O–H groups in total. The van der Waals surface area contributed by atoms with Gasteiger partial charge in [-0.25, -0.2) is 4.98 Å². The van der Waals surface area contributed by atoms with Crippen LogP contribution in [0.25, 0.3) is 22.6 Å². The van der Waals surface area contributed by atoms with Gasteiger partial charge in [0.2, 0.25) is 5.89 Å². The monoisotopic (exact) mass is 396 g/mol. The van der Waals surface area contributed by atoms with E-state index in [4.69, 9.17) is 27.6 Å². The summed E-state index contributed by atoms with van der Waals surface area (Å²) >= 11 is 12.3. The number of hydrogen-bond donors (Lipinski definition) is 1. The van der Waals surface area contributed by atoms with Gasteiger partial charge in [0.15, 0.2) is 5.58 Å². The molecule has 0 atom stereocenters. The van der Waals surface area contributed by atoms with Crippen molar-refractivity contribution in [2.45, 2.75) is 6.92 Å². The van der Waals surface area contributed by atoms with Crippen molar-refractivity contribution < 1.29 is 9.21 Å². The lowest BCUT2D eigenvalue weighted by atomic mass is 10.1.